The molecule has 0 saturated carbocycles. The Bertz CT molecular complexity index is 1380. The average Bonchev–Trinajstić information content (AvgIpc) is 2.94. The van der Waals surface area contributed by atoms with E-state index in [2.05, 4.69) is 5.32 Å². The van der Waals surface area contributed by atoms with Crippen LogP contribution in [0.15, 0.2) is 77.7 Å². The zero-order valence-electron chi connectivity index (χ0n) is 22.6. The minimum atomic E-state index is -4.13. The Morgan fingerprint density at radius 3 is 2.28 bits per heavy atom. The maximum atomic E-state index is 13.9. The SMILES string of the molecule is CCCNC(=O)C(C)N(Cc1ccc(OC)cc1)C(=O)CN(c1ccc(Cl)cc1C)S(=O)(=O)c1ccccc1. The normalized spacial score (nSPS) is 11.9. The highest BCUT2D eigenvalue weighted by Gasteiger charge is 2.33. The predicted octanol–water partition coefficient (Wildman–Crippen LogP) is 4.80. The van der Waals surface area contributed by atoms with Gasteiger partial charge >= 0.3 is 0 Å². The molecule has 1 unspecified atom stereocenters. The van der Waals surface area contributed by atoms with Gasteiger partial charge < -0.3 is 15.0 Å². The van der Waals surface area contributed by atoms with Crippen molar-refractivity contribution in [3.05, 3.63) is 88.9 Å². The van der Waals surface area contributed by atoms with Crippen molar-refractivity contribution in [2.24, 2.45) is 0 Å². The fourth-order valence-corrected chi connectivity index (χ4v) is 5.76. The van der Waals surface area contributed by atoms with Crippen molar-refractivity contribution in [1.29, 1.82) is 0 Å². The van der Waals surface area contributed by atoms with Gasteiger partial charge in [-0.05, 0) is 73.9 Å². The highest BCUT2D eigenvalue weighted by Crippen LogP contribution is 2.29. The van der Waals surface area contributed by atoms with Crippen molar-refractivity contribution < 1.29 is 22.7 Å². The van der Waals surface area contributed by atoms with Crippen LogP contribution in [0.4, 0.5) is 5.69 Å². The van der Waals surface area contributed by atoms with Crippen LogP contribution in [0.3, 0.4) is 0 Å². The molecule has 3 aromatic rings. The maximum absolute atomic E-state index is 13.9. The molecule has 39 heavy (non-hydrogen) atoms. The number of aryl methyl sites for hydroxylation is 1. The molecule has 208 valence electrons. The molecule has 1 atom stereocenters. The van der Waals surface area contributed by atoms with Crippen LogP contribution in [-0.4, -0.2) is 51.4 Å². The molecule has 0 aliphatic carbocycles. The lowest BCUT2D eigenvalue weighted by molar-refractivity contribution is -0.139. The molecule has 0 aromatic heterocycles. The van der Waals surface area contributed by atoms with E-state index in [1.807, 2.05) is 6.92 Å². The summed E-state index contributed by atoms with van der Waals surface area (Å²) in [5.74, 6) is -0.193. The third kappa shape index (κ3) is 7.52. The summed E-state index contributed by atoms with van der Waals surface area (Å²) in [5.41, 5.74) is 1.67. The van der Waals surface area contributed by atoms with Gasteiger partial charge in [0.15, 0.2) is 0 Å². The Labute approximate surface area is 235 Å². The van der Waals surface area contributed by atoms with Gasteiger partial charge in [0.25, 0.3) is 10.0 Å². The molecule has 3 aromatic carbocycles. The van der Waals surface area contributed by atoms with Gasteiger partial charge in [0.05, 0.1) is 17.7 Å². The molecule has 0 bridgehead atoms. The Morgan fingerprint density at radius 2 is 1.69 bits per heavy atom. The molecule has 0 saturated heterocycles. The first-order valence-corrected chi connectivity index (χ1v) is 14.4. The molecule has 2 amide bonds. The fraction of sp³-hybridized carbons (Fsp3) is 0.310. The minimum Gasteiger partial charge on any atom is -0.497 e. The third-order valence-corrected chi connectivity index (χ3v) is 8.28. The van der Waals surface area contributed by atoms with Crippen LogP contribution in [0.2, 0.25) is 5.02 Å². The van der Waals surface area contributed by atoms with E-state index in [9.17, 15) is 18.0 Å². The summed E-state index contributed by atoms with van der Waals surface area (Å²) in [7, 11) is -2.57. The standard InChI is InChI=1S/C29H34ClN3O5S/c1-5-17-31-29(35)22(3)32(19-23-11-14-25(38-4)15-12-23)28(34)20-33(27-16-13-24(30)18-21(27)2)39(36,37)26-9-7-6-8-10-26/h6-16,18,22H,5,17,19-20H2,1-4H3,(H,31,35). The summed E-state index contributed by atoms with van der Waals surface area (Å²) in [6.45, 7) is 5.35. The summed E-state index contributed by atoms with van der Waals surface area (Å²) in [4.78, 5) is 28.3. The lowest BCUT2D eigenvalue weighted by Gasteiger charge is -2.32. The van der Waals surface area contributed by atoms with E-state index < -0.39 is 28.5 Å². The quantitative estimate of drug-likeness (QED) is 0.337. The molecule has 10 heteroatoms. The summed E-state index contributed by atoms with van der Waals surface area (Å²) in [6.07, 6.45) is 0.740. The first-order chi connectivity index (χ1) is 18.6. The lowest BCUT2D eigenvalue weighted by atomic mass is 10.1. The van der Waals surface area contributed by atoms with E-state index in [0.29, 0.717) is 28.6 Å². The van der Waals surface area contributed by atoms with Gasteiger partial charge in [-0.3, -0.25) is 13.9 Å². The number of nitrogens with one attached hydrogen (secondary N) is 1. The van der Waals surface area contributed by atoms with Gasteiger partial charge in [0, 0.05) is 18.1 Å². The lowest BCUT2D eigenvalue weighted by Crippen LogP contribution is -2.51. The fourth-order valence-electron chi connectivity index (χ4n) is 4.04. The van der Waals surface area contributed by atoms with Gasteiger partial charge in [-0.1, -0.05) is 48.9 Å². The number of rotatable bonds is 12. The number of ether oxygens (including phenoxy) is 1. The summed E-state index contributed by atoms with van der Waals surface area (Å²) in [5, 5.41) is 3.27. The third-order valence-electron chi connectivity index (χ3n) is 6.27. The Kier molecular flexibility index (Phi) is 10.4. The predicted molar refractivity (Wildman–Crippen MR) is 153 cm³/mol. The number of methoxy groups -OCH3 is 1. The van der Waals surface area contributed by atoms with Gasteiger partial charge in [0.1, 0.15) is 18.3 Å². The maximum Gasteiger partial charge on any atom is 0.264 e. The van der Waals surface area contributed by atoms with E-state index in [1.165, 1.54) is 17.0 Å². The summed E-state index contributed by atoms with van der Waals surface area (Å²) < 4.78 is 34.0. The van der Waals surface area contributed by atoms with E-state index in [4.69, 9.17) is 16.3 Å². The average molecular weight is 572 g/mol. The second-order valence-corrected chi connectivity index (χ2v) is 11.4. The number of hydrogen-bond donors (Lipinski definition) is 1. The van der Waals surface area contributed by atoms with Crippen molar-refractivity contribution >= 4 is 39.1 Å². The Morgan fingerprint density at radius 1 is 1.03 bits per heavy atom. The topological polar surface area (TPSA) is 96.0 Å². The van der Waals surface area contributed by atoms with Crippen molar-refractivity contribution in [2.45, 2.75) is 44.7 Å². The molecule has 3 rings (SSSR count). The number of carbonyl (C=O) groups is 2. The molecule has 0 fully saturated rings. The molecule has 0 aliphatic rings. The molecule has 0 spiro atoms. The summed E-state index contributed by atoms with van der Waals surface area (Å²) >= 11 is 6.14. The van der Waals surface area contributed by atoms with Crippen molar-refractivity contribution in [2.75, 3.05) is 24.5 Å². The first-order valence-electron chi connectivity index (χ1n) is 12.6. The first kappa shape index (κ1) is 30.0. The number of carbonyl (C=O) groups excluding carboxylic acids is 2. The Balaban J connectivity index is 2.03. The number of hydrogen-bond acceptors (Lipinski definition) is 5. The van der Waals surface area contributed by atoms with Crippen molar-refractivity contribution in [3.8, 4) is 5.75 Å². The van der Waals surface area contributed by atoms with Crippen molar-refractivity contribution in [3.63, 3.8) is 0 Å². The van der Waals surface area contributed by atoms with E-state index >= 15 is 0 Å². The number of amides is 2. The number of sulfonamides is 1. The second-order valence-electron chi connectivity index (χ2n) is 9.09. The van der Waals surface area contributed by atoms with Gasteiger partial charge in [0.2, 0.25) is 11.8 Å². The van der Waals surface area contributed by atoms with E-state index in [0.717, 1.165) is 16.3 Å². The molecule has 0 heterocycles. The molecular weight excluding hydrogens is 538 g/mol. The van der Waals surface area contributed by atoms with Crippen LogP contribution >= 0.6 is 11.6 Å². The molecule has 1 N–H and O–H groups in total. The van der Waals surface area contributed by atoms with Gasteiger partial charge in [-0.2, -0.15) is 0 Å². The molecular formula is C29H34ClN3O5S. The number of benzene rings is 3. The van der Waals surface area contributed by atoms with Crippen LogP contribution in [0, 0.1) is 6.92 Å². The van der Waals surface area contributed by atoms with Crippen molar-refractivity contribution in [1.82, 2.24) is 10.2 Å². The zero-order valence-corrected chi connectivity index (χ0v) is 24.1. The number of halogens is 1. The van der Waals surface area contributed by atoms with Crippen LogP contribution in [0.1, 0.15) is 31.4 Å². The smallest absolute Gasteiger partial charge is 0.264 e. The largest absolute Gasteiger partial charge is 0.497 e. The monoisotopic (exact) mass is 571 g/mol. The number of nitrogens with zero attached hydrogens (tertiary/aromatic N) is 2. The molecule has 0 radical (unpaired) electrons. The number of anilines is 1. The highest BCUT2D eigenvalue weighted by atomic mass is 35.5. The van der Waals surface area contributed by atoms with Crippen LogP contribution in [0.25, 0.3) is 0 Å². The van der Waals surface area contributed by atoms with E-state index in [-0.39, 0.29) is 17.3 Å². The Hall–Kier alpha value is -3.56. The van der Waals surface area contributed by atoms with Gasteiger partial charge in [-0.15, -0.1) is 0 Å². The van der Waals surface area contributed by atoms with Crippen LogP contribution in [-0.2, 0) is 26.2 Å². The zero-order chi connectivity index (χ0) is 28.6. The van der Waals surface area contributed by atoms with Crippen LogP contribution < -0.4 is 14.4 Å². The highest BCUT2D eigenvalue weighted by molar-refractivity contribution is 7.92. The second kappa shape index (κ2) is 13.5. The molecule has 0 aliphatic heterocycles. The van der Waals surface area contributed by atoms with E-state index in [1.54, 1.807) is 81.6 Å². The summed E-state index contributed by atoms with van der Waals surface area (Å²) in [6, 6.07) is 19.0. The minimum absolute atomic E-state index is 0.0441. The van der Waals surface area contributed by atoms with Crippen LogP contribution in [0.5, 0.6) is 5.75 Å². The van der Waals surface area contributed by atoms with Gasteiger partial charge in [-0.25, -0.2) is 8.42 Å². The molecule has 8 nitrogen and oxygen atoms in total.